The molecule has 1 N–H and O–H groups in total. The van der Waals surface area contributed by atoms with E-state index in [1.807, 2.05) is 29.9 Å². The van der Waals surface area contributed by atoms with Crippen LogP contribution in [-0.2, 0) is 18.3 Å². The second-order valence-electron chi connectivity index (χ2n) is 5.32. The Bertz CT molecular complexity index is 625. The van der Waals surface area contributed by atoms with Crippen molar-refractivity contribution in [3.05, 3.63) is 53.3 Å². The van der Waals surface area contributed by atoms with Gasteiger partial charge in [0.05, 0.1) is 6.54 Å². The lowest BCUT2D eigenvalue weighted by atomic mass is 10.3. The predicted molar refractivity (Wildman–Crippen MR) is 92.8 cm³/mol. The number of nitrogens with zero attached hydrogens (tertiary/aromatic N) is 2. The van der Waals surface area contributed by atoms with Crippen LogP contribution >= 0.6 is 11.6 Å². The zero-order valence-corrected chi connectivity index (χ0v) is 14.2. The summed E-state index contributed by atoms with van der Waals surface area (Å²) in [6.07, 6.45) is 2.76. The van der Waals surface area contributed by atoms with Gasteiger partial charge in [-0.3, -0.25) is 0 Å². The van der Waals surface area contributed by atoms with Crippen LogP contribution in [-0.4, -0.2) is 35.8 Å². The fourth-order valence-corrected chi connectivity index (χ4v) is 2.37. The summed E-state index contributed by atoms with van der Waals surface area (Å²) in [5.74, 6) is 0. The highest BCUT2D eigenvalue weighted by Gasteiger charge is 2.15. The molecule has 2 amide bonds. The summed E-state index contributed by atoms with van der Waals surface area (Å²) >= 11 is 5.87. The van der Waals surface area contributed by atoms with Gasteiger partial charge in [0, 0.05) is 49.9 Å². The van der Waals surface area contributed by atoms with Gasteiger partial charge in [-0.2, -0.15) is 0 Å². The van der Waals surface area contributed by atoms with E-state index < -0.39 is 0 Å². The van der Waals surface area contributed by atoms with Crippen LogP contribution in [0, 0.1) is 0 Å². The lowest BCUT2D eigenvalue weighted by Crippen LogP contribution is -2.36. The Kier molecular flexibility index (Phi) is 6.50. The Hall–Kier alpha value is -1.98. The third kappa shape index (κ3) is 5.30. The molecule has 0 aliphatic heterocycles. The van der Waals surface area contributed by atoms with Crippen molar-refractivity contribution < 1.29 is 9.53 Å². The number of hydrogen-bond acceptors (Lipinski definition) is 2. The van der Waals surface area contributed by atoms with Gasteiger partial charge < -0.3 is 19.5 Å². The minimum absolute atomic E-state index is 0.135. The van der Waals surface area contributed by atoms with Crippen LogP contribution in [0.2, 0.25) is 5.02 Å². The molecule has 6 heteroatoms. The maximum atomic E-state index is 12.6. The molecular weight excluding hydrogens is 314 g/mol. The summed E-state index contributed by atoms with van der Waals surface area (Å²) in [6, 6.07) is 10.9. The number of carbonyl (C=O) groups is 1. The first kappa shape index (κ1) is 17.4. The molecule has 0 fully saturated rings. The second kappa shape index (κ2) is 8.60. The van der Waals surface area contributed by atoms with E-state index in [9.17, 15) is 4.79 Å². The number of aromatic nitrogens is 1. The van der Waals surface area contributed by atoms with Gasteiger partial charge in [0.15, 0.2) is 0 Å². The molecule has 2 rings (SSSR count). The number of halogens is 1. The molecule has 0 radical (unpaired) electrons. The van der Waals surface area contributed by atoms with Gasteiger partial charge in [-0.1, -0.05) is 11.6 Å². The lowest BCUT2D eigenvalue weighted by Gasteiger charge is -2.23. The molecule has 1 heterocycles. The van der Waals surface area contributed by atoms with Crippen LogP contribution in [0.3, 0.4) is 0 Å². The van der Waals surface area contributed by atoms with E-state index in [0.717, 1.165) is 17.8 Å². The van der Waals surface area contributed by atoms with E-state index in [1.165, 1.54) is 0 Å². The number of methoxy groups -OCH3 is 1. The summed E-state index contributed by atoms with van der Waals surface area (Å²) in [5.41, 5.74) is 1.80. The average molecular weight is 336 g/mol. The van der Waals surface area contributed by atoms with Crippen molar-refractivity contribution in [1.29, 1.82) is 0 Å². The first-order valence-corrected chi connectivity index (χ1v) is 7.88. The molecule has 1 aromatic carbocycles. The quantitative estimate of drug-likeness (QED) is 0.783. The number of anilines is 1. The first-order chi connectivity index (χ1) is 11.1. The van der Waals surface area contributed by atoms with Gasteiger partial charge in [-0.05, 0) is 42.8 Å². The van der Waals surface area contributed by atoms with Crippen LogP contribution in [0.4, 0.5) is 10.5 Å². The van der Waals surface area contributed by atoms with Gasteiger partial charge in [0.25, 0.3) is 0 Å². The third-order valence-electron chi connectivity index (χ3n) is 3.56. The normalized spacial score (nSPS) is 10.6. The molecule has 0 aliphatic carbocycles. The summed E-state index contributed by atoms with van der Waals surface area (Å²) in [6.45, 7) is 1.79. The standard InChI is InChI=1S/C17H22ClN3O2/c1-20-10-3-5-16(20)13-21(11-4-12-23-2)17(22)19-15-8-6-14(18)7-9-15/h3,5-10H,4,11-13H2,1-2H3,(H,19,22). The molecule has 2 aromatic rings. The summed E-state index contributed by atoms with van der Waals surface area (Å²) < 4.78 is 7.10. The number of nitrogens with one attached hydrogen (secondary N) is 1. The molecule has 0 saturated carbocycles. The topological polar surface area (TPSA) is 46.5 Å². The highest BCUT2D eigenvalue weighted by atomic mass is 35.5. The number of hydrogen-bond donors (Lipinski definition) is 1. The largest absolute Gasteiger partial charge is 0.385 e. The zero-order valence-electron chi connectivity index (χ0n) is 13.5. The van der Waals surface area contributed by atoms with Crippen molar-refractivity contribution in [1.82, 2.24) is 9.47 Å². The second-order valence-corrected chi connectivity index (χ2v) is 5.75. The summed E-state index contributed by atoms with van der Waals surface area (Å²) in [7, 11) is 3.63. The highest BCUT2D eigenvalue weighted by Crippen LogP contribution is 2.15. The van der Waals surface area contributed by atoms with Crippen molar-refractivity contribution in [3.63, 3.8) is 0 Å². The average Bonchev–Trinajstić information content (AvgIpc) is 2.94. The minimum atomic E-state index is -0.135. The molecule has 23 heavy (non-hydrogen) atoms. The van der Waals surface area contributed by atoms with Crippen molar-refractivity contribution in [2.75, 3.05) is 25.6 Å². The Labute approximate surface area is 141 Å². The van der Waals surface area contributed by atoms with Crippen LogP contribution in [0.1, 0.15) is 12.1 Å². The van der Waals surface area contributed by atoms with Crippen molar-refractivity contribution in [2.24, 2.45) is 7.05 Å². The number of ether oxygens (including phenoxy) is 1. The van der Waals surface area contributed by atoms with Crippen molar-refractivity contribution in [3.8, 4) is 0 Å². The Morgan fingerprint density at radius 3 is 2.65 bits per heavy atom. The predicted octanol–water partition coefficient (Wildman–Crippen LogP) is 3.75. The highest BCUT2D eigenvalue weighted by molar-refractivity contribution is 6.30. The molecule has 124 valence electrons. The lowest BCUT2D eigenvalue weighted by molar-refractivity contribution is 0.171. The number of amides is 2. The molecule has 0 spiro atoms. The first-order valence-electron chi connectivity index (χ1n) is 7.51. The van der Waals surface area contributed by atoms with Crippen LogP contribution in [0.25, 0.3) is 0 Å². The number of aryl methyl sites for hydroxylation is 1. The maximum Gasteiger partial charge on any atom is 0.322 e. The SMILES string of the molecule is COCCCN(Cc1cccn1C)C(=O)Nc1ccc(Cl)cc1. The van der Waals surface area contributed by atoms with Crippen LogP contribution < -0.4 is 5.32 Å². The fourth-order valence-electron chi connectivity index (χ4n) is 2.24. The molecule has 0 saturated heterocycles. The number of benzene rings is 1. The van der Waals surface area contributed by atoms with Gasteiger partial charge in [-0.15, -0.1) is 0 Å². The van der Waals surface area contributed by atoms with E-state index in [2.05, 4.69) is 5.32 Å². The number of urea groups is 1. The van der Waals surface area contributed by atoms with Gasteiger partial charge >= 0.3 is 6.03 Å². The summed E-state index contributed by atoms with van der Waals surface area (Å²) in [4.78, 5) is 14.3. The van der Waals surface area contributed by atoms with Gasteiger partial charge in [0.2, 0.25) is 0 Å². The van der Waals surface area contributed by atoms with E-state index in [1.54, 1.807) is 36.3 Å². The van der Waals surface area contributed by atoms with Crippen molar-refractivity contribution >= 4 is 23.3 Å². The third-order valence-corrected chi connectivity index (χ3v) is 3.82. The molecule has 0 bridgehead atoms. The van der Waals surface area contributed by atoms with Crippen molar-refractivity contribution in [2.45, 2.75) is 13.0 Å². The molecule has 1 aromatic heterocycles. The van der Waals surface area contributed by atoms with Gasteiger partial charge in [0.1, 0.15) is 0 Å². The van der Waals surface area contributed by atoms with Gasteiger partial charge in [-0.25, -0.2) is 4.79 Å². The monoisotopic (exact) mass is 335 g/mol. The molecule has 0 atom stereocenters. The maximum absolute atomic E-state index is 12.6. The summed E-state index contributed by atoms with van der Waals surface area (Å²) in [5, 5.41) is 3.55. The number of carbonyl (C=O) groups excluding carboxylic acids is 1. The molecule has 0 unspecified atom stereocenters. The van der Waals surface area contributed by atoms with E-state index in [-0.39, 0.29) is 6.03 Å². The van der Waals surface area contributed by atoms with E-state index in [4.69, 9.17) is 16.3 Å². The van der Waals surface area contributed by atoms with E-state index in [0.29, 0.717) is 24.7 Å². The Balaban J connectivity index is 2.03. The molecule has 5 nitrogen and oxygen atoms in total. The fraction of sp³-hybridized carbons (Fsp3) is 0.353. The number of rotatable bonds is 7. The zero-order chi connectivity index (χ0) is 16.7. The smallest absolute Gasteiger partial charge is 0.322 e. The minimum Gasteiger partial charge on any atom is -0.385 e. The Morgan fingerprint density at radius 2 is 2.04 bits per heavy atom. The van der Waals surface area contributed by atoms with Crippen LogP contribution in [0.15, 0.2) is 42.6 Å². The molecule has 0 aliphatic rings. The molecular formula is C17H22ClN3O2. The Morgan fingerprint density at radius 1 is 1.30 bits per heavy atom. The van der Waals surface area contributed by atoms with Crippen LogP contribution in [0.5, 0.6) is 0 Å². The van der Waals surface area contributed by atoms with E-state index >= 15 is 0 Å².